The Bertz CT molecular complexity index is 1200. The highest BCUT2D eigenvalue weighted by atomic mass is 32.2. The molecule has 0 aliphatic heterocycles. The zero-order valence-electron chi connectivity index (χ0n) is 30.5. The van der Waals surface area contributed by atoms with E-state index in [4.69, 9.17) is 0 Å². The molecule has 0 aromatic carbocycles. The fourth-order valence-electron chi connectivity index (χ4n) is 6.77. The van der Waals surface area contributed by atoms with Crippen LogP contribution in [0.4, 0.5) is 4.79 Å². The molecule has 0 spiro atoms. The van der Waals surface area contributed by atoms with Crippen molar-refractivity contribution in [3.8, 4) is 0 Å². The number of sulfone groups is 1. The third-order valence-electron chi connectivity index (χ3n) is 9.83. The molecule has 2 fully saturated rings. The number of nitrogens with one attached hydrogen (secondary N) is 4. The quantitative estimate of drug-likeness (QED) is 0.165. The Hall–Kier alpha value is -2.70. The maximum atomic E-state index is 14.4. The number of ketones is 1. The first-order valence-electron chi connectivity index (χ1n) is 18.3. The number of carbonyl (C=O) groups is 5. The topological polar surface area (TPSA) is 171 Å². The highest BCUT2D eigenvalue weighted by molar-refractivity contribution is 7.92. The van der Waals surface area contributed by atoms with Crippen molar-refractivity contribution in [2.45, 2.75) is 167 Å². The Kier molecular flexibility index (Phi) is 16.3. The molecule has 1 unspecified atom stereocenters. The minimum Gasteiger partial charge on any atom is -0.349 e. The van der Waals surface area contributed by atoms with Gasteiger partial charge < -0.3 is 26.2 Å². The van der Waals surface area contributed by atoms with Gasteiger partial charge in [0.25, 0.3) is 5.91 Å². The van der Waals surface area contributed by atoms with Crippen LogP contribution in [0, 0.1) is 5.92 Å². The standard InChI is InChI=1S/C35H63N5O7S/c1-8-17-27(29(41)31(43)36-22-9-2)37-30(42)25(4)40(23-10-3)32(44)28(26-18-13-11-14-19-26)38-33(45)39-35(20-15-12-16-21-35)24-48(46,47)34(5,6)7/h25-28H,8-24H2,1-7H3,(H,36,43)(H,37,42)(H2,38,39,45)/t25-,27?,28-/m0/s1. The van der Waals surface area contributed by atoms with Crippen molar-refractivity contribution in [3.05, 3.63) is 0 Å². The number of nitrogens with zero attached hydrogens (tertiary/aromatic N) is 1. The molecule has 0 bridgehead atoms. The molecule has 2 saturated carbocycles. The fourth-order valence-corrected chi connectivity index (χ4v) is 8.29. The van der Waals surface area contributed by atoms with Crippen molar-refractivity contribution in [1.82, 2.24) is 26.2 Å². The van der Waals surface area contributed by atoms with Crippen LogP contribution in [0.15, 0.2) is 0 Å². The first-order chi connectivity index (χ1) is 22.5. The summed E-state index contributed by atoms with van der Waals surface area (Å²) in [6.45, 7) is 12.8. The van der Waals surface area contributed by atoms with E-state index in [1.165, 1.54) is 4.90 Å². The summed E-state index contributed by atoms with van der Waals surface area (Å²) in [5.74, 6) is -2.73. The minimum absolute atomic E-state index is 0.149. The summed E-state index contributed by atoms with van der Waals surface area (Å²) in [5, 5.41) is 11.3. The number of Topliss-reactive ketones (excluding diaryl/α,β-unsaturated/α-hetero) is 1. The Labute approximate surface area is 289 Å². The van der Waals surface area contributed by atoms with E-state index in [-0.39, 0.29) is 30.5 Å². The van der Waals surface area contributed by atoms with Crippen molar-refractivity contribution < 1.29 is 32.4 Å². The molecule has 276 valence electrons. The van der Waals surface area contributed by atoms with Crippen LogP contribution in [0.3, 0.4) is 0 Å². The van der Waals surface area contributed by atoms with Crippen LogP contribution in [-0.4, -0.2) is 90.1 Å². The molecule has 2 aliphatic rings. The third kappa shape index (κ3) is 11.7. The van der Waals surface area contributed by atoms with Crippen molar-refractivity contribution >= 4 is 39.4 Å². The van der Waals surface area contributed by atoms with Crippen LogP contribution in [0.25, 0.3) is 0 Å². The van der Waals surface area contributed by atoms with Crippen LogP contribution in [-0.2, 0) is 29.0 Å². The summed E-state index contributed by atoms with van der Waals surface area (Å²) in [6.07, 6.45) is 10.0. The van der Waals surface area contributed by atoms with Crippen molar-refractivity contribution in [1.29, 1.82) is 0 Å². The normalized spacial score (nSPS) is 18.9. The largest absolute Gasteiger partial charge is 0.349 e. The van der Waals surface area contributed by atoms with Gasteiger partial charge in [0.2, 0.25) is 17.6 Å². The van der Waals surface area contributed by atoms with Gasteiger partial charge in [-0.15, -0.1) is 0 Å². The Balaban J connectivity index is 2.33. The van der Waals surface area contributed by atoms with E-state index in [9.17, 15) is 32.4 Å². The van der Waals surface area contributed by atoms with Gasteiger partial charge in [-0.25, -0.2) is 13.2 Å². The van der Waals surface area contributed by atoms with Gasteiger partial charge in [-0.1, -0.05) is 65.7 Å². The average Bonchev–Trinajstić information content (AvgIpc) is 3.03. The fraction of sp³-hybridized carbons (Fsp3) is 0.857. The van der Waals surface area contributed by atoms with Crippen LogP contribution in [0.2, 0.25) is 0 Å². The molecule has 0 saturated heterocycles. The lowest BCUT2D eigenvalue weighted by Crippen LogP contribution is -2.63. The number of amides is 5. The Morgan fingerprint density at radius 2 is 1.46 bits per heavy atom. The maximum absolute atomic E-state index is 14.4. The molecule has 0 radical (unpaired) electrons. The number of urea groups is 1. The Morgan fingerprint density at radius 1 is 0.854 bits per heavy atom. The summed E-state index contributed by atoms with van der Waals surface area (Å²) >= 11 is 0. The lowest BCUT2D eigenvalue weighted by molar-refractivity contribution is -0.144. The molecule has 48 heavy (non-hydrogen) atoms. The van der Waals surface area contributed by atoms with Gasteiger partial charge in [-0.3, -0.25) is 19.2 Å². The van der Waals surface area contributed by atoms with E-state index in [1.807, 2.05) is 20.8 Å². The highest BCUT2D eigenvalue weighted by Crippen LogP contribution is 2.33. The lowest BCUT2D eigenvalue weighted by Gasteiger charge is -2.41. The van der Waals surface area contributed by atoms with Crippen molar-refractivity contribution in [2.24, 2.45) is 5.92 Å². The monoisotopic (exact) mass is 697 g/mol. The molecule has 12 nitrogen and oxygen atoms in total. The number of rotatable bonds is 17. The first-order valence-corrected chi connectivity index (χ1v) is 19.9. The molecule has 3 atom stereocenters. The smallest absolute Gasteiger partial charge is 0.315 e. The molecular formula is C35H63N5O7S. The van der Waals surface area contributed by atoms with E-state index in [1.54, 1.807) is 27.7 Å². The summed E-state index contributed by atoms with van der Waals surface area (Å²) < 4.78 is 25.7. The van der Waals surface area contributed by atoms with Gasteiger partial charge in [0.15, 0.2) is 9.84 Å². The molecular weight excluding hydrogens is 634 g/mol. The van der Waals surface area contributed by atoms with Gasteiger partial charge >= 0.3 is 6.03 Å². The van der Waals surface area contributed by atoms with E-state index < -0.39 is 61.9 Å². The maximum Gasteiger partial charge on any atom is 0.315 e. The SMILES string of the molecule is CCCNC(=O)C(=O)C(CCC)NC(=O)[C@H](C)N(CCC)C(=O)[C@@H](NC(=O)NC1(CS(=O)(=O)C(C)(C)C)CCCCC1)C1CCCCC1. The molecule has 0 heterocycles. The van der Waals surface area contributed by atoms with Crippen LogP contribution < -0.4 is 21.3 Å². The summed E-state index contributed by atoms with van der Waals surface area (Å²) in [5.41, 5.74) is -0.935. The Morgan fingerprint density at radius 3 is 2.00 bits per heavy atom. The molecule has 0 aromatic heterocycles. The third-order valence-corrected chi connectivity index (χ3v) is 12.6. The van der Waals surface area contributed by atoms with E-state index in [2.05, 4.69) is 21.3 Å². The second kappa shape index (κ2) is 18.9. The molecule has 13 heteroatoms. The summed E-state index contributed by atoms with van der Waals surface area (Å²) in [4.78, 5) is 68.5. The molecule has 2 rings (SSSR count). The second-order valence-corrected chi connectivity index (χ2v) is 17.6. The van der Waals surface area contributed by atoms with Crippen LogP contribution in [0.5, 0.6) is 0 Å². The average molecular weight is 698 g/mol. The minimum atomic E-state index is -3.55. The molecule has 4 N–H and O–H groups in total. The van der Waals surface area contributed by atoms with Gasteiger partial charge in [-0.05, 0) is 78.6 Å². The number of carbonyl (C=O) groups excluding carboxylic acids is 5. The predicted octanol–water partition coefficient (Wildman–Crippen LogP) is 4.16. The van der Waals surface area contributed by atoms with Crippen LogP contribution in [0.1, 0.15) is 138 Å². The highest BCUT2D eigenvalue weighted by Gasteiger charge is 2.44. The zero-order valence-corrected chi connectivity index (χ0v) is 31.4. The van der Waals surface area contributed by atoms with Gasteiger partial charge in [0.05, 0.1) is 22.1 Å². The number of hydrogen-bond donors (Lipinski definition) is 4. The van der Waals surface area contributed by atoms with Crippen molar-refractivity contribution in [3.63, 3.8) is 0 Å². The summed E-state index contributed by atoms with van der Waals surface area (Å²) in [6, 6.07) is -3.49. The second-order valence-electron chi connectivity index (χ2n) is 14.9. The molecule has 0 aromatic rings. The van der Waals surface area contributed by atoms with Gasteiger partial charge in [-0.2, -0.15) is 0 Å². The predicted molar refractivity (Wildman–Crippen MR) is 188 cm³/mol. The molecule has 5 amide bonds. The van der Waals surface area contributed by atoms with Crippen LogP contribution >= 0.6 is 0 Å². The van der Waals surface area contributed by atoms with E-state index in [0.29, 0.717) is 38.6 Å². The van der Waals surface area contributed by atoms with Gasteiger partial charge in [0, 0.05) is 13.1 Å². The van der Waals surface area contributed by atoms with E-state index in [0.717, 1.165) is 51.4 Å². The van der Waals surface area contributed by atoms with E-state index >= 15 is 0 Å². The zero-order chi connectivity index (χ0) is 36.1. The first kappa shape index (κ1) is 41.5. The van der Waals surface area contributed by atoms with Gasteiger partial charge in [0.1, 0.15) is 12.1 Å². The van der Waals surface area contributed by atoms with Crippen molar-refractivity contribution in [2.75, 3.05) is 18.8 Å². The lowest BCUT2D eigenvalue weighted by atomic mass is 9.82. The summed E-state index contributed by atoms with van der Waals surface area (Å²) in [7, 11) is -3.55. The number of hydrogen-bond acceptors (Lipinski definition) is 7. The molecule has 2 aliphatic carbocycles.